The molecule has 11 nitrogen and oxygen atoms in total. The summed E-state index contributed by atoms with van der Waals surface area (Å²) in [6, 6.07) is 2.75. The predicted octanol–water partition coefficient (Wildman–Crippen LogP) is -1.18. The van der Waals surface area contributed by atoms with E-state index in [9.17, 15) is 24.3 Å². The van der Waals surface area contributed by atoms with E-state index < -0.39 is 54.0 Å². The predicted molar refractivity (Wildman–Crippen MR) is 133 cm³/mol. The number of rotatable bonds is 12. The number of hydrogen-bond acceptors (Lipinski definition) is 8. The first-order valence-electron chi connectivity index (χ1n) is 10.4. The Labute approximate surface area is 207 Å². The minimum atomic E-state index is -1.56. The average molecular weight is 512 g/mol. The third-order valence-electron chi connectivity index (χ3n) is 5.13. The molecule has 5 atom stereocenters. The van der Waals surface area contributed by atoms with Gasteiger partial charge in [0.05, 0.1) is 12.1 Å². The number of amides is 3. The van der Waals surface area contributed by atoms with Gasteiger partial charge in [-0.25, -0.2) is 4.79 Å². The lowest BCUT2D eigenvalue weighted by Gasteiger charge is -2.24. The maximum atomic E-state index is 12.7. The van der Waals surface area contributed by atoms with Gasteiger partial charge in [-0.2, -0.15) is 25.3 Å². The van der Waals surface area contributed by atoms with Gasteiger partial charge in [-0.1, -0.05) is 18.2 Å². The van der Waals surface area contributed by atoms with Crippen molar-refractivity contribution in [3.63, 3.8) is 0 Å². The number of nitrogens with two attached hydrogens (primary N) is 1. The number of aliphatic hydroxyl groups excluding tert-OH is 1. The standard InChI is InChI=1S/C21H29N5O6S2/c1-10(27)17(21(31)32)26-20(30)16(9-34)25-19(29)15(8-33)24-18(28)13(22)6-11-7-23-14-5-3-2-4-12(11)14/h2-5,7,10,13,15-17,23,27,33-34H,6,8-9,22H2,1H3,(H,24,28)(H,25,29)(H,26,30)(H,31,32). The van der Waals surface area contributed by atoms with Crippen molar-refractivity contribution in [2.45, 2.75) is 43.6 Å². The summed E-state index contributed by atoms with van der Waals surface area (Å²) in [7, 11) is 0. The molecule has 0 fully saturated rings. The second-order valence-electron chi connectivity index (χ2n) is 7.72. The monoisotopic (exact) mass is 511 g/mol. The first-order chi connectivity index (χ1) is 16.1. The molecule has 1 aromatic heterocycles. The number of carbonyl (C=O) groups excluding carboxylic acids is 3. The molecule has 0 aliphatic rings. The minimum absolute atomic E-state index is 0.0796. The van der Waals surface area contributed by atoms with Gasteiger partial charge in [0.25, 0.3) is 0 Å². The molecule has 0 saturated carbocycles. The fourth-order valence-corrected chi connectivity index (χ4v) is 3.73. The fourth-order valence-electron chi connectivity index (χ4n) is 3.21. The molecule has 186 valence electrons. The van der Waals surface area contributed by atoms with Crippen LogP contribution in [0.15, 0.2) is 30.5 Å². The highest BCUT2D eigenvalue weighted by atomic mass is 32.1. The van der Waals surface area contributed by atoms with E-state index in [1.54, 1.807) is 6.20 Å². The molecule has 0 aliphatic heterocycles. The lowest BCUT2D eigenvalue weighted by atomic mass is 10.0. The highest BCUT2D eigenvalue weighted by Crippen LogP contribution is 2.18. The van der Waals surface area contributed by atoms with E-state index in [0.717, 1.165) is 16.5 Å². The van der Waals surface area contributed by atoms with Gasteiger partial charge in [-0.05, 0) is 25.0 Å². The number of fused-ring (bicyclic) bond motifs is 1. The second-order valence-corrected chi connectivity index (χ2v) is 8.45. The number of aromatic amines is 1. The number of carboxylic acid groups (broad SMARTS) is 1. The Morgan fingerprint density at radius 3 is 2.12 bits per heavy atom. The Bertz CT molecular complexity index is 1030. The first kappa shape index (κ1) is 27.5. The maximum Gasteiger partial charge on any atom is 0.328 e. The van der Waals surface area contributed by atoms with Crippen LogP contribution in [0.1, 0.15) is 12.5 Å². The van der Waals surface area contributed by atoms with E-state index in [1.807, 2.05) is 24.3 Å². The zero-order valence-electron chi connectivity index (χ0n) is 18.4. The van der Waals surface area contributed by atoms with E-state index in [-0.39, 0.29) is 17.9 Å². The van der Waals surface area contributed by atoms with Crippen molar-refractivity contribution >= 4 is 59.9 Å². The number of aliphatic carboxylic acids is 1. The molecule has 5 unspecified atom stereocenters. The molecule has 13 heteroatoms. The summed E-state index contributed by atoms with van der Waals surface area (Å²) in [6.45, 7) is 1.21. The van der Waals surface area contributed by atoms with Crippen LogP contribution < -0.4 is 21.7 Å². The van der Waals surface area contributed by atoms with Gasteiger partial charge in [-0.15, -0.1) is 0 Å². The quantitative estimate of drug-likeness (QED) is 0.160. The molecule has 0 bridgehead atoms. The lowest BCUT2D eigenvalue weighted by Crippen LogP contribution is -2.59. The van der Waals surface area contributed by atoms with Gasteiger partial charge in [0.1, 0.15) is 12.1 Å². The number of carbonyl (C=O) groups is 4. The van der Waals surface area contributed by atoms with E-state index in [2.05, 4.69) is 46.2 Å². The number of thiol groups is 2. The van der Waals surface area contributed by atoms with Crippen LogP contribution in [0.3, 0.4) is 0 Å². The first-order valence-corrected chi connectivity index (χ1v) is 11.7. The Morgan fingerprint density at radius 2 is 1.56 bits per heavy atom. The van der Waals surface area contributed by atoms with Crippen LogP contribution in [0, 0.1) is 0 Å². The van der Waals surface area contributed by atoms with E-state index in [1.165, 1.54) is 6.92 Å². The van der Waals surface area contributed by atoms with Crippen LogP contribution in [-0.2, 0) is 25.6 Å². The van der Waals surface area contributed by atoms with Crippen molar-refractivity contribution in [3.8, 4) is 0 Å². The molecule has 1 heterocycles. The van der Waals surface area contributed by atoms with Gasteiger partial charge >= 0.3 is 5.97 Å². The number of hydrogen-bond donors (Lipinski definition) is 9. The van der Waals surface area contributed by atoms with Crippen molar-refractivity contribution in [1.82, 2.24) is 20.9 Å². The minimum Gasteiger partial charge on any atom is -0.480 e. The third kappa shape index (κ3) is 7.13. The number of aromatic nitrogens is 1. The smallest absolute Gasteiger partial charge is 0.328 e. The molecule has 0 radical (unpaired) electrons. The highest BCUT2D eigenvalue weighted by molar-refractivity contribution is 7.80. The van der Waals surface area contributed by atoms with Crippen LogP contribution in [0.25, 0.3) is 10.9 Å². The third-order valence-corrected chi connectivity index (χ3v) is 5.86. The number of benzene rings is 1. The number of aliphatic hydroxyl groups is 1. The molecule has 2 aromatic rings. The average Bonchev–Trinajstić information content (AvgIpc) is 3.21. The second kappa shape index (κ2) is 12.6. The molecular formula is C21H29N5O6S2. The summed E-state index contributed by atoms with van der Waals surface area (Å²) in [4.78, 5) is 51.9. The molecular weight excluding hydrogens is 482 g/mol. The number of H-pyrrole nitrogens is 1. The van der Waals surface area contributed by atoms with Gasteiger partial charge in [0.15, 0.2) is 6.04 Å². The highest BCUT2D eigenvalue weighted by Gasteiger charge is 2.31. The van der Waals surface area contributed by atoms with Gasteiger partial charge in [0, 0.05) is 28.6 Å². The molecule has 34 heavy (non-hydrogen) atoms. The number of carboxylic acids is 1. The summed E-state index contributed by atoms with van der Waals surface area (Å²) in [5.74, 6) is -3.82. The van der Waals surface area contributed by atoms with Crippen LogP contribution in [-0.4, -0.2) is 80.7 Å². The Balaban J connectivity index is 1.98. The summed E-state index contributed by atoms with van der Waals surface area (Å²) in [6.07, 6.45) is 0.642. The zero-order chi connectivity index (χ0) is 25.4. The van der Waals surface area contributed by atoms with Crippen LogP contribution in [0.5, 0.6) is 0 Å². The van der Waals surface area contributed by atoms with Crippen molar-refractivity contribution in [1.29, 1.82) is 0 Å². The SMILES string of the molecule is CC(O)C(NC(=O)C(CS)NC(=O)C(CS)NC(=O)C(N)Cc1c[nH]c2ccccc12)C(=O)O. The molecule has 1 aromatic carbocycles. The van der Waals surface area contributed by atoms with E-state index >= 15 is 0 Å². The molecule has 3 amide bonds. The zero-order valence-corrected chi connectivity index (χ0v) is 20.2. The van der Waals surface area contributed by atoms with Gasteiger partial charge in [0.2, 0.25) is 17.7 Å². The Hall–Kier alpha value is -2.74. The lowest BCUT2D eigenvalue weighted by molar-refractivity contribution is -0.145. The summed E-state index contributed by atoms with van der Waals surface area (Å²) in [5.41, 5.74) is 7.81. The Morgan fingerprint density at radius 1 is 1.00 bits per heavy atom. The molecule has 0 spiro atoms. The van der Waals surface area contributed by atoms with Crippen LogP contribution in [0.2, 0.25) is 0 Å². The van der Waals surface area contributed by atoms with Crippen molar-refractivity contribution < 1.29 is 29.4 Å². The maximum absolute atomic E-state index is 12.7. The topological polar surface area (TPSA) is 187 Å². The summed E-state index contributed by atoms with van der Waals surface area (Å²) >= 11 is 8.12. The van der Waals surface area contributed by atoms with E-state index in [0.29, 0.717) is 0 Å². The van der Waals surface area contributed by atoms with Crippen molar-refractivity contribution in [2.24, 2.45) is 5.73 Å². The molecule has 8 N–H and O–H groups in total. The number of para-hydroxylation sites is 1. The van der Waals surface area contributed by atoms with Crippen LogP contribution in [0.4, 0.5) is 0 Å². The Kier molecular flexibility index (Phi) is 10.2. The van der Waals surface area contributed by atoms with Gasteiger partial charge in [-0.3, -0.25) is 14.4 Å². The van der Waals surface area contributed by atoms with Crippen molar-refractivity contribution in [3.05, 3.63) is 36.0 Å². The van der Waals surface area contributed by atoms with E-state index in [4.69, 9.17) is 10.8 Å². The van der Waals surface area contributed by atoms with Gasteiger partial charge < -0.3 is 36.9 Å². The summed E-state index contributed by atoms with van der Waals surface area (Å²) in [5, 5.41) is 26.6. The summed E-state index contributed by atoms with van der Waals surface area (Å²) < 4.78 is 0. The molecule has 2 rings (SSSR count). The molecule has 0 saturated heterocycles. The fraction of sp³-hybridized carbons (Fsp3) is 0.429. The largest absolute Gasteiger partial charge is 0.480 e. The van der Waals surface area contributed by atoms with Crippen LogP contribution >= 0.6 is 25.3 Å². The normalized spacial score (nSPS) is 15.6. The molecule has 0 aliphatic carbocycles. The van der Waals surface area contributed by atoms with Crippen molar-refractivity contribution in [2.75, 3.05) is 11.5 Å². The number of nitrogens with one attached hydrogen (secondary N) is 4.